The fourth-order valence-corrected chi connectivity index (χ4v) is 4.54. The van der Waals surface area contributed by atoms with Crippen molar-refractivity contribution in [3.8, 4) is 0 Å². The minimum Gasteiger partial charge on any atom is -0.385 e. The highest BCUT2D eigenvalue weighted by Crippen LogP contribution is 2.45. The zero-order chi connectivity index (χ0) is 17.0. The van der Waals surface area contributed by atoms with Gasteiger partial charge in [-0.25, -0.2) is 0 Å². The lowest BCUT2D eigenvalue weighted by Crippen LogP contribution is -2.80. The first-order valence-corrected chi connectivity index (χ1v) is 8.85. The molecule has 4 heterocycles. The third-order valence-corrected chi connectivity index (χ3v) is 5.99. The van der Waals surface area contributed by atoms with Gasteiger partial charge in [0.25, 0.3) is 17.5 Å². The molecule has 130 valence electrons. The van der Waals surface area contributed by atoms with Crippen LogP contribution in [0.4, 0.5) is 0 Å². The minimum atomic E-state index is -2.04. The number of nitrogens with one attached hydrogen (secondary N) is 1. The largest absolute Gasteiger partial charge is 0.385 e. The lowest BCUT2D eigenvalue weighted by atomic mass is 9.86. The molecular weight excluding hydrogens is 324 g/mol. The quantitative estimate of drug-likeness (QED) is 0.478. The maximum atomic E-state index is 12.9. The molecule has 0 aromatic carbocycles. The van der Waals surface area contributed by atoms with E-state index in [-0.39, 0.29) is 13.2 Å². The van der Waals surface area contributed by atoms with E-state index in [1.807, 2.05) is 6.92 Å². The van der Waals surface area contributed by atoms with E-state index >= 15 is 0 Å². The molecule has 0 saturated carbocycles. The molecule has 4 N–H and O–H groups in total. The molecule has 0 aromatic rings. The summed E-state index contributed by atoms with van der Waals surface area (Å²) in [6.07, 6.45) is -1.23. The highest BCUT2D eigenvalue weighted by atomic mass is 32.2. The SMILES string of the molecule is CCSC[C@H]1CCO[C@@]23C(=O)N[C@]1(O)C(=O)N2C[C@](C)(O)[C@@H]3O. The maximum absolute atomic E-state index is 12.9. The summed E-state index contributed by atoms with van der Waals surface area (Å²) >= 11 is 1.56. The Hall–Kier alpha value is -0.870. The van der Waals surface area contributed by atoms with Gasteiger partial charge >= 0.3 is 0 Å². The van der Waals surface area contributed by atoms with E-state index in [1.54, 1.807) is 11.8 Å². The number of thioether (sulfide) groups is 1. The van der Waals surface area contributed by atoms with E-state index in [0.717, 1.165) is 10.7 Å². The van der Waals surface area contributed by atoms with Gasteiger partial charge in [0.05, 0.1) is 13.2 Å². The Morgan fingerprint density at radius 3 is 2.78 bits per heavy atom. The molecule has 8 nitrogen and oxygen atoms in total. The predicted molar refractivity (Wildman–Crippen MR) is 81.2 cm³/mol. The van der Waals surface area contributed by atoms with Crippen molar-refractivity contribution in [3.63, 3.8) is 0 Å². The first-order chi connectivity index (χ1) is 10.7. The van der Waals surface area contributed by atoms with Crippen LogP contribution < -0.4 is 5.32 Å². The number of hydrogen-bond acceptors (Lipinski definition) is 7. The maximum Gasteiger partial charge on any atom is 0.279 e. The molecule has 0 aromatic heterocycles. The molecule has 4 saturated heterocycles. The van der Waals surface area contributed by atoms with Crippen LogP contribution in [0.1, 0.15) is 20.3 Å². The Balaban J connectivity index is 2.04. The van der Waals surface area contributed by atoms with E-state index in [2.05, 4.69) is 5.32 Å². The molecule has 0 aliphatic carbocycles. The Morgan fingerprint density at radius 1 is 1.43 bits per heavy atom. The number of ether oxygens (including phenoxy) is 1. The first-order valence-electron chi connectivity index (χ1n) is 7.69. The fourth-order valence-electron chi connectivity index (χ4n) is 3.61. The molecule has 23 heavy (non-hydrogen) atoms. The van der Waals surface area contributed by atoms with Crippen molar-refractivity contribution in [2.75, 3.05) is 24.7 Å². The van der Waals surface area contributed by atoms with Crippen molar-refractivity contribution in [1.29, 1.82) is 0 Å². The molecule has 4 rings (SSSR count). The molecule has 0 unspecified atom stereocenters. The topological polar surface area (TPSA) is 119 Å². The van der Waals surface area contributed by atoms with Crippen molar-refractivity contribution in [3.05, 3.63) is 0 Å². The Labute approximate surface area is 138 Å². The van der Waals surface area contributed by atoms with E-state index in [9.17, 15) is 24.9 Å². The smallest absolute Gasteiger partial charge is 0.279 e. The van der Waals surface area contributed by atoms with Gasteiger partial charge in [-0.15, -0.1) is 0 Å². The van der Waals surface area contributed by atoms with Crippen molar-refractivity contribution in [1.82, 2.24) is 10.2 Å². The molecule has 2 bridgehead atoms. The summed E-state index contributed by atoms with van der Waals surface area (Å²) in [6, 6.07) is 0. The van der Waals surface area contributed by atoms with E-state index < -0.39 is 40.9 Å². The Morgan fingerprint density at radius 2 is 2.13 bits per heavy atom. The summed E-state index contributed by atoms with van der Waals surface area (Å²) in [5.41, 5.74) is -5.71. The molecule has 5 atom stereocenters. The Kier molecular flexibility index (Phi) is 3.92. The van der Waals surface area contributed by atoms with Crippen LogP contribution in [-0.2, 0) is 14.3 Å². The van der Waals surface area contributed by atoms with Gasteiger partial charge in [0.1, 0.15) is 11.7 Å². The van der Waals surface area contributed by atoms with Crippen LogP contribution in [0.3, 0.4) is 0 Å². The normalized spacial score (nSPS) is 46.4. The van der Waals surface area contributed by atoms with Crippen molar-refractivity contribution >= 4 is 23.6 Å². The first kappa shape index (κ1) is 17.0. The standard InChI is InChI=1S/C14H22N2O6S/c1-3-23-6-8-4-5-22-14-9(17)12(2,20)7-16(14)11(19)13(8,21)15-10(14)18/h8-9,17,20-21H,3-7H2,1-2H3,(H,15,18)/t8-,9+,12+,13-,14+/m1/s1. The van der Waals surface area contributed by atoms with Crippen molar-refractivity contribution in [2.45, 2.75) is 43.4 Å². The van der Waals surface area contributed by atoms with Crippen molar-refractivity contribution in [2.24, 2.45) is 5.92 Å². The molecule has 4 aliphatic rings. The fraction of sp³-hybridized carbons (Fsp3) is 0.857. The van der Waals surface area contributed by atoms with E-state index in [1.165, 1.54) is 6.92 Å². The van der Waals surface area contributed by atoms with Crippen LogP contribution in [0.2, 0.25) is 0 Å². The lowest BCUT2D eigenvalue weighted by Gasteiger charge is -2.51. The summed E-state index contributed by atoms with van der Waals surface area (Å²) in [5, 5.41) is 34.0. The lowest BCUT2D eigenvalue weighted by molar-refractivity contribution is -0.242. The molecule has 4 aliphatic heterocycles. The van der Waals surface area contributed by atoms with Crippen LogP contribution in [0.5, 0.6) is 0 Å². The van der Waals surface area contributed by atoms with Crippen LogP contribution >= 0.6 is 11.8 Å². The van der Waals surface area contributed by atoms with E-state index in [0.29, 0.717) is 12.2 Å². The second kappa shape index (κ2) is 5.32. The van der Waals surface area contributed by atoms with Gasteiger partial charge in [-0.3, -0.25) is 14.5 Å². The van der Waals surface area contributed by atoms with Gasteiger partial charge in [0, 0.05) is 11.7 Å². The van der Waals surface area contributed by atoms with Gasteiger partial charge < -0.3 is 25.4 Å². The van der Waals surface area contributed by atoms with Gasteiger partial charge in [0.15, 0.2) is 0 Å². The average Bonchev–Trinajstić information content (AvgIpc) is 2.68. The van der Waals surface area contributed by atoms with Gasteiger partial charge in [0.2, 0.25) is 5.72 Å². The zero-order valence-electron chi connectivity index (χ0n) is 13.1. The third-order valence-electron chi connectivity index (χ3n) is 4.94. The summed E-state index contributed by atoms with van der Waals surface area (Å²) in [6.45, 7) is 3.12. The number of aliphatic hydroxyl groups is 3. The number of hydrogen-bond donors (Lipinski definition) is 4. The number of carbonyl (C=O) groups is 2. The number of carbonyl (C=O) groups excluding carboxylic acids is 2. The predicted octanol–water partition coefficient (Wildman–Crippen LogP) is -1.76. The summed E-state index contributed by atoms with van der Waals surface area (Å²) < 4.78 is 5.63. The third kappa shape index (κ3) is 2.14. The van der Waals surface area contributed by atoms with Crippen molar-refractivity contribution < 1.29 is 29.6 Å². The highest BCUT2D eigenvalue weighted by molar-refractivity contribution is 7.99. The molecule has 1 spiro atoms. The number of aliphatic hydroxyl groups excluding tert-OH is 1. The van der Waals surface area contributed by atoms with Gasteiger partial charge in [-0.05, 0) is 19.1 Å². The molecule has 0 radical (unpaired) electrons. The number of fused-ring (bicyclic) bond motifs is 4. The number of amides is 2. The summed E-state index contributed by atoms with van der Waals surface area (Å²) in [4.78, 5) is 26.5. The molecule has 2 amide bonds. The number of piperazine rings is 1. The van der Waals surface area contributed by atoms with Gasteiger partial charge in [-0.2, -0.15) is 11.8 Å². The van der Waals surface area contributed by atoms with Crippen LogP contribution in [0.15, 0.2) is 0 Å². The van der Waals surface area contributed by atoms with Crippen LogP contribution in [0.25, 0.3) is 0 Å². The second-order valence-electron chi connectivity index (χ2n) is 6.56. The van der Waals surface area contributed by atoms with Crippen LogP contribution in [0, 0.1) is 5.92 Å². The number of nitrogens with zero attached hydrogens (tertiary/aromatic N) is 1. The van der Waals surface area contributed by atoms with Crippen LogP contribution in [-0.4, -0.2) is 79.8 Å². The minimum absolute atomic E-state index is 0.0988. The zero-order valence-corrected chi connectivity index (χ0v) is 13.9. The molecular formula is C14H22N2O6S. The highest BCUT2D eigenvalue weighted by Gasteiger charge is 2.73. The van der Waals surface area contributed by atoms with E-state index in [4.69, 9.17) is 4.74 Å². The molecule has 4 fully saturated rings. The monoisotopic (exact) mass is 346 g/mol. The Bertz CT molecular complexity index is 543. The average molecular weight is 346 g/mol. The number of rotatable bonds is 3. The second-order valence-corrected chi connectivity index (χ2v) is 7.88. The molecule has 9 heteroatoms. The van der Waals surface area contributed by atoms with Gasteiger partial charge in [-0.1, -0.05) is 6.92 Å². The summed E-state index contributed by atoms with van der Waals surface area (Å²) in [5.74, 6) is -0.741. The summed E-state index contributed by atoms with van der Waals surface area (Å²) in [7, 11) is 0.